The van der Waals surface area contributed by atoms with Crippen LogP contribution in [0, 0.1) is 5.82 Å². The molecule has 0 aliphatic carbocycles. The number of carbonyl (C=O) groups is 1. The zero-order valence-corrected chi connectivity index (χ0v) is 12.5. The standard InChI is InChI=1S/C16H22FN3O2/c17-14-4-2-1-3-13(14)15(21)11-19-8-5-12(6-9-19)20-10-7-18-16(20)22/h1-4,12,15,21H,5-11H2,(H,18,22)/t15-/m0/s1. The van der Waals surface area contributed by atoms with E-state index in [1.54, 1.807) is 18.2 Å². The van der Waals surface area contributed by atoms with E-state index in [2.05, 4.69) is 10.2 Å². The summed E-state index contributed by atoms with van der Waals surface area (Å²) in [6.45, 7) is 3.58. The number of halogens is 1. The van der Waals surface area contributed by atoms with Crippen molar-refractivity contribution in [2.75, 3.05) is 32.7 Å². The number of rotatable bonds is 4. The van der Waals surface area contributed by atoms with Gasteiger partial charge in [-0.3, -0.25) is 0 Å². The number of hydrogen-bond donors (Lipinski definition) is 2. The summed E-state index contributed by atoms with van der Waals surface area (Å²) in [6.07, 6.45) is 0.988. The van der Waals surface area contributed by atoms with Crippen LogP contribution in [0.2, 0.25) is 0 Å². The van der Waals surface area contributed by atoms with E-state index in [4.69, 9.17) is 0 Å². The number of β-amino-alcohol motifs (C(OH)–C–C–N with tert-alkyl or cyclic N) is 1. The van der Waals surface area contributed by atoms with Gasteiger partial charge in [0.2, 0.25) is 0 Å². The summed E-state index contributed by atoms with van der Waals surface area (Å²) in [5.41, 5.74) is 0.351. The molecule has 0 unspecified atom stereocenters. The van der Waals surface area contributed by atoms with Crippen LogP contribution in [0.5, 0.6) is 0 Å². The van der Waals surface area contributed by atoms with Crippen LogP contribution in [0.25, 0.3) is 0 Å². The lowest BCUT2D eigenvalue weighted by Gasteiger charge is -2.36. The van der Waals surface area contributed by atoms with E-state index in [1.807, 2.05) is 4.90 Å². The van der Waals surface area contributed by atoms with Crippen molar-refractivity contribution < 1.29 is 14.3 Å². The van der Waals surface area contributed by atoms with Gasteiger partial charge in [-0.2, -0.15) is 0 Å². The van der Waals surface area contributed by atoms with Gasteiger partial charge in [0.25, 0.3) is 0 Å². The molecule has 2 N–H and O–H groups in total. The molecular weight excluding hydrogens is 285 g/mol. The lowest BCUT2D eigenvalue weighted by molar-refractivity contribution is 0.0778. The van der Waals surface area contributed by atoms with Crippen molar-refractivity contribution in [1.82, 2.24) is 15.1 Å². The van der Waals surface area contributed by atoms with E-state index in [0.717, 1.165) is 39.0 Å². The molecule has 0 radical (unpaired) electrons. The third kappa shape index (κ3) is 3.23. The normalized spacial score (nSPS) is 21.9. The molecule has 3 rings (SSSR count). The van der Waals surface area contributed by atoms with E-state index in [1.165, 1.54) is 6.07 Å². The van der Waals surface area contributed by atoms with Crippen LogP contribution < -0.4 is 5.32 Å². The fourth-order valence-corrected chi connectivity index (χ4v) is 3.34. The molecule has 0 aromatic heterocycles. The number of carbonyl (C=O) groups excluding carboxylic acids is 1. The van der Waals surface area contributed by atoms with Crippen LogP contribution in [0.4, 0.5) is 9.18 Å². The molecule has 2 saturated heterocycles. The highest BCUT2D eigenvalue weighted by atomic mass is 19.1. The second-order valence-electron chi connectivity index (χ2n) is 5.99. The number of amides is 2. The largest absolute Gasteiger partial charge is 0.387 e. The summed E-state index contributed by atoms with van der Waals surface area (Å²) >= 11 is 0. The number of nitrogens with one attached hydrogen (secondary N) is 1. The van der Waals surface area contributed by atoms with Crippen LogP contribution >= 0.6 is 0 Å². The summed E-state index contributed by atoms with van der Waals surface area (Å²) in [6, 6.07) is 6.67. The van der Waals surface area contributed by atoms with E-state index >= 15 is 0 Å². The molecule has 1 aromatic carbocycles. The monoisotopic (exact) mass is 307 g/mol. The van der Waals surface area contributed by atoms with Crippen LogP contribution in [0.1, 0.15) is 24.5 Å². The van der Waals surface area contributed by atoms with E-state index in [9.17, 15) is 14.3 Å². The molecule has 0 bridgehead atoms. The molecule has 2 fully saturated rings. The summed E-state index contributed by atoms with van der Waals surface area (Å²) in [7, 11) is 0. The Hall–Kier alpha value is -1.66. The lowest BCUT2D eigenvalue weighted by Crippen LogP contribution is -2.46. The lowest BCUT2D eigenvalue weighted by atomic mass is 10.0. The number of hydrogen-bond acceptors (Lipinski definition) is 3. The van der Waals surface area contributed by atoms with Crippen LogP contribution in [-0.2, 0) is 0 Å². The second-order valence-corrected chi connectivity index (χ2v) is 5.99. The predicted octanol–water partition coefficient (Wildman–Crippen LogP) is 1.35. The van der Waals surface area contributed by atoms with Gasteiger partial charge in [-0.25, -0.2) is 9.18 Å². The molecule has 1 atom stereocenters. The SMILES string of the molecule is O=C1NCCN1C1CCN(C[C@H](O)c2ccccc2F)CC1. The highest BCUT2D eigenvalue weighted by Crippen LogP contribution is 2.22. The topological polar surface area (TPSA) is 55.8 Å². The maximum absolute atomic E-state index is 13.7. The molecule has 2 amide bonds. The molecule has 0 spiro atoms. The minimum Gasteiger partial charge on any atom is -0.387 e. The smallest absolute Gasteiger partial charge is 0.317 e. The van der Waals surface area contributed by atoms with Gasteiger partial charge in [-0.1, -0.05) is 18.2 Å². The average molecular weight is 307 g/mol. The third-order valence-corrected chi connectivity index (χ3v) is 4.58. The second kappa shape index (κ2) is 6.62. The average Bonchev–Trinajstić information content (AvgIpc) is 2.94. The Labute approximate surface area is 129 Å². The van der Waals surface area contributed by atoms with Gasteiger partial charge in [0.15, 0.2) is 0 Å². The number of urea groups is 1. The summed E-state index contributed by atoms with van der Waals surface area (Å²) in [5, 5.41) is 13.0. The molecule has 22 heavy (non-hydrogen) atoms. The van der Waals surface area contributed by atoms with Gasteiger partial charge in [0, 0.05) is 44.3 Å². The predicted molar refractivity (Wildman–Crippen MR) is 80.9 cm³/mol. The van der Waals surface area contributed by atoms with Crippen molar-refractivity contribution in [3.63, 3.8) is 0 Å². The van der Waals surface area contributed by atoms with Gasteiger partial charge in [0.05, 0.1) is 6.10 Å². The first-order chi connectivity index (χ1) is 10.6. The van der Waals surface area contributed by atoms with Gasteiger partial charge in [-0.05, 0) is 18.9 Å². The Bertz CT molecular complexity index is 532. The number of benzene rings is 1. The molecular formula is C16H22FN3O2. The Morgan fingerprint density at radius 3 is 2.64 bits per heavy atom. The van der Waals surface area contributed by atoms with Gasteiger partial charge in [-0.15, -0.1) is 0 Å². The molecule has 0 saturated carbocycles. The van der Waals surface area contributed by atoms with Crippen molar-refractivity contribution >= 4 is 6.03 Å². The van der Waals surface area contributed by atoms with E-state index in [0.29, 0.717) is 12.1 Å². The number of nitrogens with zero attached hydrogens (tertiary/aromatic N) is 2. The first kappa shape index (κ1) is 15.2. The number of piperidine rings is 1. The minimum atomic E-state index is -0.812. The molecule has 120 valence electrons. The maximum atomic E-state index is 13.7. The zero-order valence-electron chi connectivity index (χ0n) is 12.5. The first-order valence-electron chi connectivity index (χ1n) is 7.84. The van der Waals surface area contributed by atoms with Crippen molar-refractivity contribution in [3.8, 4) is 0 Å². The van der Waals surface area contributed by atoms with Crippen molar-refractivity contribution in [2.24, 2.45) is 0 Å². The minimum absolute atomic E-state index is 0.0323. The molecule has 2 aliphatic heterocycles. The summed E-state index contributed by atoms with van der Waals surface area (Å²) in [5.74, 6) is -0.362. The number of likely N-dealkylation sites (tertiary alicyclic amines) is 1. The number of aliphatic hydroxyl groups excluding tert-OH is 1. The van der Waals surface area contributed by atoms with Gasteiger partial charge >= 0.3 is 6.03 Å². The first-order valence-corrected chi connectivity index (χ1v) is 7.84. The maximum Gasteiger partial charge on any atom is 0.317 e. The van der Waals surface area contributed by atoms with Crippen LogP contribution in [0.15, 0.2) is 24.3 Å². The Morgan fingerprint density at radius 1 is 1.27 bits per heavy atom. The molecule has 2 aliphatic rings. The highest BCUT2D eigenvalue weighted by Gasteiger charge is 2.31. The third-order valence-electron chi connectivity index (χ3n) is 4.58. The van der Waals surface area contributed by atoms with Crippen molar-refractivity contribution in [2.45, 2.75) is 25.0 Å². The van der Waals surface area contributed by atoms with Crippen LogP contribution in [-0.4, -0.2) is 59.7 Å². The molecule has 2 heterocycles. The summed E-state index contributed by atoms with van der Waals surface area (Å²) < 4.78 is 13.7. The quantitative estimate of drug-likeness (QED) is 0.883. The molecule has 1 aromatic rings. The fraction of sp³-hybridized carbons (Fsp3) is 0.562. The van der Waals surface area contributed by atoms with E-state index in [-0.39, 0.29) is 17.9 Å². The Kier molecular flexibility index (Phi) is 4.59. The number of aliphatic hydroxyl groups is 1. The van der Waals surface area contributed by atoms with Gasteiger partial charge in [0.1, 0.15) is 5.82 Å². The Morgan fingerprint density at radius 2 is 2.00 bits per heavy atom. The zero-order chi connectivity index (χ0) is 15.5. The molecule has 5 nitrogen and oxygen atoms in total. The van der Waals surface area contributed by atoms with Crippen LogP contribution in [0.3, 0.4) is 0 Å². The van der Waals surface area contributed by atoms with Crippen molar-refractivity contribution in [3.05, 3.63) is 35.6 Å². The van der Waals surface area contributed by atoms with Crippen molar-refractivity contribution in [1.29, 1.82) is 0 Å². The molecule has 6 heteroatoms. The summed E-state index contributed by atoms with van der Waals surface area (Å²) in [4.78, 5) is 15.7. The van der Waals surface area contributed by atoms with E-state index < -0.39 is 6.10 Å². The van der Waals surface area contributed by atoms with Gasteiger partial charge < -0.3 is 20.2 Å². The Balaban J connectivity index is 1.51. The highest BCUT2D eigenvalue weighted by molar-refractivity contribution is 5.76. The fourth-order valence-electron chi connectivity index (χ4n) is 3.34.